The van der Waals surface area contributed by atoms with Crippen LogP contribution in [0.25, 0.3) is 11.4 Å². The molecule has 0 bridgehead atoms. The van der Waals surface area contributed by atoms with Crippen LogP contribution in [0.1, 0.15) is 0 Å². The van der Waals surface area contributed by atoms with E-state index in [0.717, 1.165) is 0 Å². The number of aromatic nitrogens is 3. The predicted octanol–water partition coefficient (Wildman–Crippen LogP) is 4.43. The number of thioether (sulfide) groups is 1. The summed E-state index contributed by atoms with van der Waals surface area (Å²) in [5.74, 6) is 0.320. The molecular weight excluding hydrogens is 425 g/mol. The number of non-ortho nitro benzene ring substituents is 1. The predicted molar refractivity (Wildman–Crippen MR) is 109 cm³/mol. The number of nitrogens with zero attached hydrogens (tertiary/aromatic N) is 4. The van der Waals surface area contributed by atoms with Crippen LogP contribution in [0.2, 0.25) is 10.0 Å². The number of carbonyl (C=O) groups is 1. The Hall–Kier alpha value is -2.62. The van der Waals surface area contributed by atoms with Crippen LogP contribution in [-0.2, 0) is 11.8 Å². The number of benzene rings is 2. The van der Waals surface area contributed by atoms with Crippen molar-refractivity contribution in [3.8, 4) is 11.4 Å². The third-order valence-corrected chi connectivity index (χ3v) is 5.45. The number of hydrogen-bond acceptors (Lipinski definition) is 6. The minimum absolute atomic E-state index is 0.0318. The van der Waals surface area contributed by atoms with Crippen LogP contribution in [0, 0.1) is 10.1 Å². The van der Waals surface area contributed by atoms with Crippen LogP contribution >= 0.6 is 35.0 Å². The third-order valence-electron chi connectivity index (χ3n) is 3.69. The number of rotatable bonds is 6. The van der Waals surface area contributed by atoms with Crippen molar-refractivity contribution in [2.24, 2.45) is 7.05 Å². The lowest BCUT2D eigenvalue weighted by Gasteiger charge is -2.06. The molecule has 0 aliphatic rings. The van der Waals surface area contributed by atoms with E-state index in [4.69, 9.17) is 23.2 Å². The van der Waals surface area contributed by atoms with Gasteiger partial charge >= 0.3 is 0 Å². The highest BCUT2D eigenvalue weighted by Gasteiger charge is 2.15. The van der Waals surface area contributed by atoms with Gasteiger partial charge in [-0.2, -0.15) is 0 Å². The minimum Gasteiger partial charge on any atom is -0.325 e. The third kappa shape index (κ3) is 4.61. The van der Waals surface area contributed by atoms with Gasteiger partial charge in [-0.15, -0.1) is 10.2 Å². The van der Waals surface area contributed by atoms with Crippen molar-refractivity contribution in [1.82, 2.24) is 14.8 Å². The van der Waals surface area contributed by atoms with E-state index < -0.39 is 4.92 Å². The summed E-state index contributed by atoms with van der Waals surface area (Å²) < 4.78 is 1.68. The first kappa shape index (κ1) is 20.1. The zero-order valence-electron chi connectivity index (χ0n) is 14.4. The molecular formula is C17H13Cl2N5O3S. The number of anilines is 1. The van der Waals surface area contributed by atoms with E-state index in [2.05, 4.69) is 15.5 Å². The lowest BCUT2D eigenvalue weighted by atomic mass is 10.2. The highest BCUT2D eigenvalue weighted by molar-refractivity contribution is 7.99. The minimum atomic E-state index is -0.469. The van der Waals surface area contributed by atoms with Gasteiger partial charge in [0.25, 0.3) is 5.69 Å². The molecule has 1 aromatic heterocycles. The first-order valence-corrected chi connectivity index (χ1v) is 9.61. The molecule has 28 heavy (non-hydrogen) atoms. The summed E-state index contributed by atoms with van der Waals surface area (Å²) in [5, 5.41) is 23.1. The van der Waals surface area contributed by atoms with Crippen molar-refractivity contribution in [2.75, 3.05) is 11.1 Å². The van der Waals surface area contributed by atoms with Crippen LogP contribution in [0.3, 0.4) is 0 Å². The van der Waals surface area contributed by atoms with Gasteiger partial charge in [-0.1, -0.05) is 47.1 Å². The molecule has 0 atom stereocenters. The molecule has 0 aliphatic heterocycles. The van der Waals surface area contributed by atoms with E-state index in [1.165, 1.54) is 23.9 Å². The Bertz CT molecular complexity index is 1060. The summed E-state index contributed by atoms with van der Waals surface area (Å²) >= 11 is 13.0. The number of amides is 1. The topological polar surface area (TPSA) is 103 Å². The quantitative estimate of drug-likeness (QED) is 0.347. The Labute approximate surface area is 174 Å². The average molecular weight is 438 g/mol. The number of hydrogen-bond donors (Lipinski definition) is 1. The molecule has 0 unspecified atom stereocenters. The average Bonchev–Trinajstić information content (AvgIpc) is 3.03. The van der Waals surface area contributed by atoms with Gasteiger partial charge in [0.15, 0.2) is 11.0 Å². The smallest absolute Gasteiger partial charge is 0.270 e. The monoisotopic (exact) mass is 437 g/mol. The number of nitrogens with one attached hydrogen (secondary N) is 1. The van der Waals surface area contributed by atoms with Gasteiger partial charge in [0.1, 0.15) is 0 Å². The molecule has 0 fully saturated rings. The zero-order chi connectivity index (χ0) is 20.3. The first-order chi connectivity index (χ1) is 13.3. The number of nitro benzene ring substituents is 1. The zero-order valence-corrected chi connectivity index (χ0v) is 16.8. The van der Waals surface area contributed by atoms with E-state index in [0.29, 0.717) is 32.3 Å². The van der Waals surface area contributed by atoms with Crippen molar-refractivity contribution in [3.63, 3.8) is 0 Å². The molecule has 11 heteroatoms. The number of nitro groups is 1. The summed E-state index contributed by atoms with van der Waals surface area (Å²) in [6.45, 7) is 0. The van der Waals surface area contributed by atoms with E-state index in [9.17, 15) is 14.9 Å². The maximum atomic E-state index is 12.1. The fourth-order valence-corrected chi connectivity index (χ4v) is 3.36. The summed E-state index contributed by atoms with van der Waals surface area (Å²) in [4.78, 5) is 22.6. The van der Waals surface area contributed by atoms with Crippen LogP contribution in [0.4, 0.5) is 11.4 Å². The molecule has 2 aromatic carbocycles. The van der Waals surface area contributed by atoms with E-state index in [-0.39, 0.29) is 17.3 Å². The van der Waals surface area contributed by atoms with Gasteiger partial charge in [0.2, 0.25) is 5.91 Å². The van der Waals surface area contributed by atoms with Gasteiger partial charge in [-0.3, -0.25) is 14.9 Å². The Balaban J connectivity index is 1.67. The maximum absolute atomic E-state index is 12.1. The van der Waals surface area contributed by atoms with E-state index in [1.54, 1.807) is 41.9 Å². The van der Waals surface area contributed by atoms with Gasteiger partial charge in [0.05, 0.1) is 20.7 Å². The normalized spacial score (nSPS) is 10.7. The second-order valence-electron chi connectivity index (χ2n) is 5.64. The van der Waals surface area contributed by atoms with Gasteiger partial charge < -0.3 is 9.88 Å². The van der Waals surface area contributed by atoms with Crippen molar-refractivity contribution < 1.29 is 9.72 Å². The van der Waals surface area contributed by atoms with Crippen LogP contribution in [0.5, 0.6) is 0 Å². The maximum Gasteiger partial charge on any atom is 0.270 e. The Morgan fingerprint density at radius 1 is 1.21 bits per heavy atom. The SMILES string of the molecule is Cn1c(SCC(=O)Nc2ccc(Cl)c(Cl)c2)nnc1-c1cccc([N+](=O)[O-])c1. The van der Waals surface area contributed by atoms with Crippen LogP contribution < -0.4 is 5.32 Å². The molecule has 0 saturated heterocycles. The fraction of sp³-hybridized carbons (Fsp3) is 0.118. The molecule has 0 radical (unpaired) electrons. The summed E-state index contributed by atoms with van der Waals surface area (Å²) in [7, 11) is 1.73. The molecule has 1 amide bonds. The molecule has 1 heterocycles. The van der Waals surface area contributed by atoms with E-state index in [1.807, 2.05) is 0 Å². The number of halogens is 2. The van der Waals surface area contributed by atoms with Gasteiger partial charge in [-0.25, -0.2) is 0 Å². The van der Waals surface area contributed by atoms with Crippen LogP contribution in [-0.4, -0.2) is 31.3 Å². The first-order valence-electron chi connectivity index (χ1n) is 7.87. The summed E-state index contributed by atoms with van der Waals surface area (Å²) in [5.41, 5.74) is 1.07. The highest BCUT2D eigenvalue weighted by atomic mass is 35.5. The van der Waals surface area contributed by atoms with Gasteiger partial charge in [0, 0.05) is 30.4 Å². The fourth-order valence-electron chi connectivity index (χ4n) is 2.35. The van der Waals surface area contributed by atoms with Crippen molar-refractivity contribution >= 4 is 52.2 Å². The molecule has 1 N–H and O–H groups in total. The van der Waals surface area contributed by atoms with Crippen molar-refractivity contribution in [3.05, 3.63) is 62.6 Å². The second kappa shape index (κ2) is 8.59. The molecule has 0 spiro atoms. The molecule has 144 valence electrons. The standard InChI is InChI=1S/C17H13Cl2N5O3S/c1-23-16(10-3-2-4-12(7-10)24(26)27)21-22-17(23)28-9-15(25)20-11-5-6-13(18)14(19)8-11/h2-8H,9H2,1H3,(H,20,25). The largest absolute Gasteiger partial charge is 0.325 e. The number of carbonyl (C=O) groups excluding carboxylic acids is 1. The second-order valence-corrected chi connectivity index (χ2v) is 7.40. The van der Waals surface area contributed by atoms with Crippen LogP contribution in [0.15, 0.2) is 47.6 Å². The lowest BCUT2D eigenvalue weighted by molar-refractivity contribution is -0.384. The summed E-state index contributed by atoms with van der Waals surface area (Å²) in [6.07, 6.45) is 0. The molecule has 3 rings (SSSR count). The molecule has 3 aromatic rings. The Morgan fingerprint density at radius 2 is 2.00 bits per heavy atom. The summed E-state index contributed by atoms with van der Waals surface area (Å²) in [6, 6.07) is 10.9. The van der Waals surface area contributed by atoms with Crippen molar-refractivity contribution in [1.29, 1.82) is 0 Å². The Morgan fingerprint density at radius 3 is 2.71 bits per heavy atom. The van der Waals surface area contributed by atoms with Crippen molar-refractivity contribution in [2.45, 2.75) is 5.16 Å². The van der Waals surface area contributed by atoms with Gasteiger partial charge in [-0.05, 0) is 18.2 Å². The molecule has 0 aliphatic carbocycles. The molecule has 8 nitrogen and oxygen atoms in total. The highest BCUT2D eigenvalue weighted by Crippen LogP contribution is 2.27. The Kier molecular flexibility index (Phi) is 6.18. The lowest BCUT2D eigenvalue weighted by Crippen LogP contribution is -2.14. The van der Waals surface area contributed by atoms with E-state index >= 15 is 0 Å². The molecule has 0 saturated carbocycles.